The molecule has 0 aliphatic carbocycles. The van der Waals surface area contributed by atoms with Crippen molar-refractivity contribution in [2.45, 2.75) is 32.6 Å². The van der Waals surface area contributed by atoms with E-state index in [0.717, 1.165) is 37.7 Å². The molecule has 17 heavy (non-hydrogen) atoms. The number of nitrogens with one attached hydrogen (secondary N) is 1. The Morgan fingerprint density at radius 2 is 2.35 bits per heavy atom. The first kappa shape index (κ1) is 12.3. The van der Waals surface area contributed by atoms with Gasteiger partial charge in [-0.3, -0.25) is 0 Å². The van der Waals surface area contributed by atoms with E-state index in [1.807, 2.05) is 6.07 Å². The third-order valence-electron chi connectivity index (χ3n) is 3.16. The van der Waals surface area contributed by atoms with E-state index in [0.29, 0.717) is 11.8 Å². The molecule has 0 amide bonds. The predicted molar refractivity (Wildman–Crippen MR) is 68.2 cm³/mol. The first-order chi connectivity index (χ1) is 8.25. The lowest BCUT2D eigenvalue weighted by Crippen LogP contribution is -2.10. The Morgan fingerprint density at radius 3 is 3.06 bits per heavy atom. The smallest absolute Gasteiger partial charge is 0.129 e. The lowest BCUT2D eigenvalue weighted by Gasteiger charge is -2.10. The van der Waals surface area contributed by atoms with Crippen molar-refractivity contribution in [2.75, 3.05) is 25.1 Å². The highest BCUT2D eigenvalue weighted by molar-refractivity contribution is 5.35. The van der Waals surface area contributed by atoms with E-state index in [9.17, 15) is 0 Å². The van der Waals surface area contributed by atoms with Gasteiger partial charge >= 0.3 is 0 Å². The lowest BCUT2D eigenvalue weighted by atomic mass is 10.1. The van der Waals surface area contributed by atoms with E-state index >= 15 is 0 Å². The van der Waals surface area contributed by atoms with Crippen molar-refractivity contribution in [3.05, 3.63) is 18.1 Å². The lowest BCUT2D eigenvalue weighted by molar-refractivity contribution is 0.185. The zero-order chi connectivity index (χ0) is 12.1. The maximum atomic E-state index is 5.36. The summed E-state index contributed by atoms with van der Waals surface area (Å²) >= 11 is 0. The highest BCUT2D eigenvalue weighted by Gasteiger charge is 2.14. The first-order valence-electron chi connectivity index (χ1n) is 6.39. The molecule has 1 aromatic heterocycles. The Balaban J connectivity index is 1.79. The summed E-state index contributed by atoms with van der Waals surface area (Å²) in [6.45, 7) is 7.09. The van der Waals surface area contributed by atoms with Crippen LogP contribution in [0.1, 0.15) is 38.3 Å². The number of ether oxygens (including phenoxy) is 1. The van der Waals surface area contributed by atoms with Crippen molar-refractivity contribution in [3.63, 3.8) is 0 Å². The first-order valence-corrected chi connectivity index (χ1v) is 6.39. The number of hydrogen-bond acceptors (Lipinski definition) is 4. The Morgan fingerprint density at radius 1 is 1.47 bits per heavy atom. The molecular weight excluding hydrogens is 214 g/mol. The number of hydrogen-bond donors (Lipinski definition) is 1. The molecule has 1 aliphatic heterocycles. The minimum absolute atomic E-state index is 0.446. The third kappa shape index (κ3) is 3.66. The summed E-state index contributed by atoms with van der Waals surface area (Å²) in [4.78, 5) is 8.49. The van der Waals surface area contributed by atoms with Crippen LogP contribution in [0.3, 0.4) is 0 Å². The quantitative estimate of drug-likeness (QED) is 0.851. The zero-order valence-corrected chi connectivity index (χ0v) is 10.6. The fourth-order valence-corrected chi connectivity index (χ4v) is 2.00. The van der Waals surface area contributed by atoms with Gasteiger partial charge in [0.15, 0.2) is 0 Å². The van der Waals surface area contributed by atoms with Crippen LogP contribution in [0.25, 0.3) is 0 Å². The molecule has 94 valence electrons. The van der Waals surface area contributed by atoms with Crippen LogP contribution >= 0.6 is 0 Å². The Kier molecular flexibility index (Phi) is 4.31. The molecule has 0 bridgehead atoms. The number of anilines is 1. The van der Waals surface area contributed by atoms with Gasteiger partial charge in [-0.2, -0.15) is 0 Å². The Bertz CT molecular complexity index is 348. The maximum Gasteiger partial charge on any atom is 0.129 e. The normalized spacial score (nSPS) is 19.8. The minimum Gasteiger partial charge on any atom is -0.381 e. The van der Waals surface area contributed by atoms with Gasteiger partial charge < -0.3 is 10.1 Å². The van der Waals surface area contributed by atoms with E-state index in [2.05, 4.69) is 29.1 Å². The Labute approximate surface area is 103 Å². The monoisotopic (exact) mass is 235 g/mol. The van der Waals surface area contributed by atoms with Crippen molar-refractivity contribution in [1.82, 2.24) is 9.97 Å². The third-order valence-corrected chi connectivity index (χ3v) is 3.16. The standard InChI is InChI=1S/C13H21N3O/c1-10(2)12-7-13(16-9-15-12)14-5-3-11-4-6-17-8-11/h7,9-11H,3-6,8H2,1-2H3,(H,14,15,16). The second kappa shape index (κ2) is 5.96. The molecule has 1 atom stereocenters. The molecule has 0 saturated carbocycles. The SMILES string of the molecule is CC(C)c1cc(NCCC2CCOC2)ncn1. The number of aromatic nitrogens is 2. The summed E-state index contributed by atoms with van der Waals surface area (Å²) in [5.74, 6) is 2.10. The molecular formula is C13H21N3O. The van der Waals surface area contributed by atoms with Gasteiger partial charge in [-0.05, 0) is 24.7 Å². The van der Waals surface area contributed by atoms with Gasteiger partial charge in [0.25, 0.3) is 0 Å². The van der Waals surface area contributed by atoms with Crippen molar-refractivity contribution >= 4 is 5.82 Å². The fraction of sp³-hybridized carbons (Fsp3) is 0.692. The van der Waals surface area contributed by atoms with Crippen LogP contribution in [0, 0.1) is 5.92 Å². The van der Waals surface area contributed by atoms with Crippen molar-refractivity contribution in [2.24, 2.45) is 5.92 Å². The molecule has 4 nitrogen and oxygen atoms in total. The van der Waals surface area contributed by atoms with Gasteiger partial charge in [0.2, 0.25) is 0 Å². The van der Waals surface area contributed by atoms with E-state index in [-0.39, 0.29) is 0 Å². The average molecular weight is 235 g/mol. The highest BCUT2D eigenvalue weighted by atomic mass is 16.5. The zero-order valence-electron chi connectivity index (χ0n) is 10.6. The summed E-state index contributed by atoms with van der Waals surface area (Å²) in [5, 5.41) is 3.36. The molecule has 1 fully saturated rings. The molecule has 0 aromatic carbocycles. The molecule has 1 aliphatic rings. The fourth-order valence-electron chi connectivity index (χ4n) is 2.00. The highest BCUT2D eigenvalue weighted by Crippen LogP contribution is 2.17. The molecule has 2 rings (SSSR count). The van der Waals surface area contributed by atoms with E-state index < -0.39 is 0 Å². The second-order valence-electron chi connectivity index (χ2n) is 4.93. The van der Waals surface area contributed by atoms with Gasteiger partial charge in [0.1, 0.15) is 12.1 Å². The summed E-state index contributed by atoms with van der Waals surface area (Å²) < 4.78 is 5.36. The van der Waals surface area contributed by atoms with Crippen LogP contribution in [0.2, 0.25) is 0 Å². The molecule has 2 heterocycles. The van der Waals surface area contributed by atoms with Gasteiger partial charge in [0.05, 0.1) is 0 Å². The predicted octanol–water partition coefficient (Wildman–Crippen LogP) is 2.44. The van der Waals surface area contributed by atoms with E-state index in [4.69, 9.17) is 4.74 Å². The van der Waals surface area contributed by atoms with Gasteiger partial charge in [-0.15, -0.1) is 0 Å². The topological polar surface area (TPSA) is 47.0 Å². The van der Waals surface area contributed by atoms with Crippen LogP contribution in [0.4, 0.5) is 5.82 Å². The summed E-state index contributed by atoms with van der Waals surface area (Å²) in [7, 11) is 0. The summed E-state index contributed by atoms with van der Waals surface area (Å²) in [6.07, 6.45) is 3.99. The van der Waals surface area contributed by atoms with Crippen molar-refractivity contribution in [1.29, 1.82) is 0 Å². The number of nitrogens with zero attached hydrogens (tertiary/aromatic N) is 2. The van der Waals surface area contributed by atoms with E-state index in [1.54, 1.807) is 6.33 Å². The Hall–Kier alpha value is -1.16. The van der Waals surface area contributed by atoms with Crippen molar-refractivity contribution in [3.8, 4) is 0 Å². The molecule has 1 unspecified atom stereocenters. The summed E-state index contributed by atoms with van der Waals surface area (Å²) in [6, 6.07) is 2.04. The van der Waals surface area contributed by atoms with Crippen LogP contribution in [0.5, 0.6) is 0 Å². The second-order valence-corrected chi connectivity index (χ2v) is 4.93. The van der Waals surface area contributed by atoms with Crippen LogP contribution in [0.15, 0.2) is 12.4 Å². The van der Waals surface area contributed by atoms with Crippen LogP contribution in [-0.4, -0.2) is 29.7 Å². The summed E-state index contributed by atoms with van der Waals surface area (Å²) in [5.41, 5.74) is 1.09. The molecule has 1 N–H and O–H groups in total. The van der Waals surface area contributed by atoms with Gasteiger partial charge in [-0.25, -0.2) is 9.97 Å². The maximum absolute atomic E-state index is 5.36. The average Bonchev–Trinajstić information content (AvgIpc) is 2.82. The minimum atomic E-state index is 0.446. The van der Waals surface area contributed by atoms with Gasteiger partial charge in [0, 0.05) is 31.5 Å². The molecule has 0 spiro atoms. The van der Waals surface area contributed by atoms with Gasteiger partial charge in [-0.1, -0.05) is 13.8 Å². The van der Waals surface area contributed by atoms with Crippen LogP contribution < -0.4 is 5.32 Å². The van der Waals surface area contributed by atoms with E-state index in [1.165, 1.54) is 6.42 Å². The molecule has 4 heteroatoms. The van der Waals surface area contributed by atoms with Crippen LogP contribution in [-0.2, 0) is 4.74 Å². The largest absolute Gasteiger partial charge is 0.381 e. The molecule has 1 aromatic rings. The molecule has 0 radical (unpaired) electrons. The molecule has 1 saturated heterocycles. The number of rotatable bonds is 5. The van der Waals surface area contributed by atoms with Crippen molar-refractivity contribution < 1.29 is 4.74 Å².